The molecule has 1 aliphatic rings. The molecule has 0 N–H and O–H groups in total. The normalized spacial score (nSPS) is 12.8. The van der Waals surface area contributed by atoms with Crippen LogP contribution in [0.1, 0.15) is 27.2 Å². The Morgan fingerprint density at radius 3 is 2.61 bits per heavy atom. The van der Waals surface area contributed by atoms with E-state index in [9.17, 15) is 4.79 Å². The summed E-state index contributed by atoms with van der Waals surface area (Å²) in [5.41, 5.74) is 4.33. The van der Waals surface area contributed by atoms with E-state index in [1.165, 1.54) is 7.11 Å². The third-order valence-electron chi connectivity index (χ3n) is 3.71. The number of esters is 1. The molecule has 0 atom stereocenters. The van der Waals surface area contributed by atoms with Gasteiger partial charge in [-0.05, 0) is 48.2 Å². The fourth-order valence-electron chi connectivity index (χ4n) is 2.68. The molecule has 0 saturated heterocycles. The molecule has 1 aliphatic carbocycles. The molecule has 6 heteroatoms. The lowest BCUT2D eigenvalue weighted by molar-refractivity contribution is 0.0599. The summed E-state index contributed by atoms with van der Waals surface area (Å²) in [7, 11) is 1.37. The molecule has 2 aromatic rings. The first kappa shape index (κ1) is 16.3. The maximum atomic E-state index is 11.8. The van der Waals surface area contributed by atoms with Crippen LogP contribution < -0.4 is 0 Å². The van der Waals surface area contributed by atoms with Gasteiger partial charge < -0.3 is 4.74 Å². The molecule has 3 rings (SSSR count). The molecule has 118 valence electrons. The van der Waals surface area contributed by atoms with E-state index in [-0.39, 0.29) is 5.97 Å². The zero-order valence-electron chi connectivity index (χ0n) is 12.2. The van der Waals surface area contributed by atoms with Gasteiger partial charge in [0, 0.05) is 6.20 Å². The zero-order valence-corrected chi connectivity index (χ0v) is 14.5. The summed E-state index contributed by atoms with van der Waals surface area (Å²) < 4.78 is 4.82. The minimum Gasteiger partial charge on any atom is -0.465 e. The third-order valence-corrected chi connectivity index (χ3v) is 4.91. The van der Waals surface area contributed by atoms with Crippen LogP contribution in [0.5, 0.6) is 0 Å². The second-order valence-corrected chi connectivity index (χ2v) is 6.44. The van der Waals surface area contributed by atoms with E-state index < -0.39 is 0 Å². The second-order valence-electron chi connectivity index (χ2n) is 5.24. The Kier molecular flexibility index (Phi) is 4.62. The van der Waals surface area contributed by atoms with Crippen LogP contribution in [0, 0.1) is 0 Å². The van der Waals surface area contributed by atoms with Crippen LogP contribution in [-0.2, 0) is 17.6 Å². The summed E-state index contributed by atoms with van der Waals surface area (Å²) in [5.74, 6) is -0.351. The van der Waals surface area contributed by atoms with Gasteiger partial charge in [0.05, 0.1) is 33.4 Å². The van der Waals surface area contributed by atoms with Gasteiger partial charge >= 0.3 is 5.97 Å². The van der Waals surface area contributed by atoms with Gasteiger partial charge in [-0.3, -0.25) is 4.98 Å². The predicted octanol–water partition coefficient (Wildman–Crippen LogP) is 5.01. The maximum absolute atomic E-state index is 11.8. The molecule has 0 unspecified atom stereocenters. The highest BCUT2D eigenvalue weighted by Gasteiger charge is 2.21. The van der Waals surface area contributed by atoms with Crippen molar-refractivity contribution in [1.29, 1.82) is 0 Å². The first-order valence-corrected chi connectivity index (χ1v) is 8.02. The molecule has 0 radical (unpaired) electrons. The summed E-state index contributed by atoms with van der Waals surface area (Å²) in [6.07, 6.45) is 4.90. The number of allylic oxidation sites excluding steroid dienone is 1. The summed E-state index contributed by atoms with van der Waals surface area (Å²) >= 11 is 18.1. The van der Waals surface area contributed by atoms with E-state index >= 15 is 0 Å². The highest BCUT2D eigenvalue weighted by Crippen LogP contribution is 2.34. The molecule has 0 spiro atoms. The Morgan fingerprint density at radius 2 is 1.96 bits per heavy atom. The number of hydrogen-bond acceptors (Lipinski definition) is 3. The molecule has 0 amide bonds. The number of carbonyl (C=O) groups excluding carboxylic acids is 1. The summed E-state index contributed by atoms with van der Waals surface area (Å²) in [6.45, 7) is 0. The van der Waals surface area contributed by atoms with Crippen molar-refractivity contribution < 1.29 is 9.53 Å². The van der Waals surface area contributed by atoms with Crippen LogP contribution in [0.3, 0.4) is 0 Å². The van der Waals surface area contributed by atoms with Gasteiger partial charge in [0.15, 0.2) is 0 Å². The highest BCUT2D eigenvalue weighted by molar-refractivity contribution is 6.48. The van der Waals surface area contributed by atoms with Gasteiger partial charge in [-0.2, -0.15) is 0 Å². The molecule has 1 aromatic heterocycles. The number of hydrogen-bond donors (Lipinski definition) is 0. The predicted molar refractivity (Wildman–Crippen MR) is 92.4 cm³/mol. The van der Waals surface area contributed by atoms with Crippen molar-refractivity contribution in [3.8, 4) is 0 Å². The van der Waals surface area contributed by atoms with Crippen LogP contribution in [0.4, 0.5) is 0 Å². The number of nitrogens with zero attached hydrogens (tertiary/aromatic N) is 1. The lowest BCUT2D eigenvalue weighted by Crippen LogP contribution is -2.06. The van der Waals surface area contributed by atoms with E-state index in [1.54, 1.807) is 24.4 Å². The Labute approximate surface area is 148 Å². The Bertz CT molecular complexity index is 808. The van der Waals surface area contributed by atoms with Crippen molar-refractivity contribution in [2.75, 3.05) is 7.11 Å². The number of ether oxygens (including phenoxy) is 1. The van der Waals surface area contributed by atoms with Crippen molar-refractivity contribution in [3.63, 3.8) is 0 Å². The summed E-state index contributed by atoms with van der Waals surface area (Å²) in [4.78, 5) is 16.2. The van der Waals surface area contributed by atoms with E-state index in [0.717, 1.165) is 22.4 Å². The van der Waals surface area contributed by atoms with E-state index in [4.69, 9.17) is 39.5 Å². The molecular weight excluding hydrogens is 357 g/mol. The Hall–Kier alpha value is -1.55. The Balaban J connectivity index is 1.86. The third kappa shape index (κ3) is 3.23. The molecule has 0 fully saturated rings. The minimum absolute atomic E-state index is 0.351. The number of methoxy groups -OCH3 is 1. The van der Waals surface area contributed by atoms with Crippen molar-refractivity contribution in [1.82, 2.24) is 4.98 Å². The number of aromatic nitrogens is 1. The van der Waals surface area contributed by atoms with Crippen LogP contribution in [0.25, 0.3) is 6.08 Å². The maximum Gasteiger partial charge on any atom is 0.338 e. The average Bonchev–Trinajstić information content (AvgIpc) is 2.93. The molecule has 1 heterocycles. The molecule has 0 saturated carbocycles. The number of halogens is 3. The molecular formula is C17H12Cl3NO2. The first-order valence-electron chi connectivity index (χ1n) is 6.88. The van der Waals surface area contributed by atoms with Gasteiger partial charge in [0.2, 0.25) is 0 Å². The first-order chi connectivity index (χ1) is 11.0. The van der Waals surface area contributed by atoms with Crippen LogP contribution in [0.2, 0.25) is 15.1 Å². The van der Waals surface area contributed by atoms with E-state index in [1.807, 2.05) is 6.08 Å². The van der Waals surface area contributed by atoms with Crippen molar-refractivity contribution in [3.05, 3.63) is 67.4 Å². The average molecular weight is 369 g/mol. The fourth-order valence-corrected chi connectivity index (χ4v) is 3.32. The number of rotatable bonds is 3. The molecule has 0 aliphatic heterocycles. The van der Waals surface area contributed by atoms with Gasteiger partial charge in [-0.1, -0.05) is 40.4 Å². The minimum atomic E-state index is -0.351. The lowest BCUT2D eigenvalue weighted by Gasteiger charge is -2.08. The topological polar surface area (TPSA) is 39.2 Å². The Morgan fingerprint density at radius 1 is 1.26 bits per heavy atom. The number of fused-ring (bicyclic) bond motifs is 1. The van der Waals surface area contributed by atoms with E-state index in [2.05, 4.69) is 4.98 Å². The highest BCUT2D eigenvalue weighted by atomic mass is 35.5. The van der Waals surface area contributed by atoms with Gasteiger partial charge in [0.25, 0.3) is 0 Å². The summed E-state index contributed by atoms with van der Waals surface area (Å²) in [5, 5.41) is 1.22. The van der Waals surface area contributed by atoms with Crippen molar-refractivity contribution >= 4 is 46.8 Å². The van der Waals surface area contributed by atoms with Crippen molar-refractivity contribution in [2.45, 2.75) is 12.8 Å². The van der Waals surface area contributed by atoms with Gasteiger partial charge in [-0.15, -0.1) is 0 Å². The van der Waals surface area contributed by atoms with Crippen molar-refractivity contribution in [2.24, 2.45) is 0 Å². The van der Waals surface area contributed by atoms with E-state index in [0.29, 0.717) is 33.5 Å². The molecule has 1 aromatic carbocycles. The van der Waals surface area contributed by atoms with Crippen LogP contribution >= 0.6 is 34.8 Å². The second kappa shape index (κ2) is 6.52. The monoisotopic (exact) mass is 367 g/mol. The number of benzene rings is 1. The lowest BCUT2D eigenvalue weighted by atomic mass is 10.0. The molecule has 0 bridgehead atoms. The quantitative estimate of drug-likeness (QED) is 0.564. The smallest absolute Gasteiger partial charge is 0.338 e. The fraction of sp³-hybridized carbons (Fsp3) is 0.176. The molecule has 3 nitrogen and oxygen atoms in total. The zero-order chi connectivity index (χ0) is 16.6. The number of pyridine rings is 1. The number of carbonyl (C=O) groups is 1. The largest absolute Gasteiger partial charge is 0.465 e. The van der Waals surface area contributed by atoms with Gasteiger partial charge in [0.1, 0.15) is 0 Å². The molecule has 23 heavy (non-hydrogen) atoms. The SMILES string of the molecule is COC(=O)c1ccnc2c1CC(Cc1cc(Cl)c(Cl)c(Cl)c1)=C2. The van der Waals surface area contributed by atoms with Crippen LogP contribution in [0.15, 0.2) is 30.0 Å². The van der Waals surface area contributed by atoms with Crippen LogP contribution in [-0.4, -0.2) is 18.1 Å². The standard InChI is InChI=1S/C17H12Cl3NO2/c1-23-17(22)11-2-3-21-15-8-9(5-12(11)15)4-10-6-13(18)16(20)14(19)7-10/h2-3,6-8H,4-5H2,1H3. The van der Waals surface area contributed by atoms with Gasteiger partial charge in [-0.25, -0.2) is 4.79 Å². The summed E-state index contributed by atoms with van der Waals surface area (Å²) in [6, 6.07) is 5.28.